The van der Waals surface area contributed by atoms with Gasteiger partial charge in [-0.2, -0.15) is 0 Å². The molecule has 2 nitrogen and oxygen atoms in total. The summed E-state index contributed by atoms with van der Waals surface area (Å²) in [5, 5.41) is 4.26. The van der Waals surface area contributed by atoms with Gasteiger partial charge in [0.05, 0.1) is 5.02 Å². The lowest BCUT2D eigenvalue weighted by Crippen LogP contribution is -2.20. The Labute approximate surface area is 116 Å². The molecule has 0 bridgehead atoms. The average molecular weight is 353 g/mol. The quantitative estimate of drug-likeness (QED) is 0.625. The first-order valence-electron chi connectivity index (χ1n) is 5.39. The molecule has 1 N–H and O–H groups in total. The van der Waals surface area contributed by atoms with Gasteiger partial charge in [-0.25, -0.2) is 0 Å². The van der Waals surface area contributed by atoms with Gasteiger partial charge in [0, 0.05) is 10.1 Å². The first-order chi connectivity index (χ1) is 7.59. The van der Waals surface area contributed by atoms with Crippen LogP contribution in [0.25, 0.3) is 0 Å². The highest BCUT2D eigenvalue weighted by Crippen LogP contribution is 2.19. The molecule has 1 aromatic carbocycles. The fraction of sp³-hybridized carbons (Fsp3) is 0.500. The maximum Gasteiger partial charge on any atom is 0.0542 e. The monoisotopic (exact) mass is 352 g/mol. The highest BCUT2D eigenvalue weighted by molar-refractivity contribution is 14.1. The van der Waals surface area contributed by atoms with Gasteiger partial charge in [-0.3, -0.25) is 0 Å². The molecule has 0 heterocycles. The molecular weight excluding hydrogens is 335 g/mol. The van der Waals surface area contributed by atoms with Crippen LogP contribution in [0.5, 0.6) is 0 Å². The minimum Gasteiger partial charge on any atom is -0.313 e. The third-order valence-corrected chi connectivity index (χ3v) is 3.84. The first kappa shape index (κ1) is 14.2. The Morgan fingerprint density at radius 1 is 1.38 bits per heavy atom. The van der Waals surface area contributed by atoms with Crippen LogP contribution < -0.4 is 5.32 Å². The van der Waals surface area contributed by atoms with Gasteiger partial charge in [0.1, 0.15) is 0 Å². The fourth-order valence-electron chi connectivity index (χ4n) is 1.40. The fourth-order valence-corrected chi connectivity index (χ4v) is 1.94. The molecule has 0 atom stereocenters. The molecule has 4 heteroatoms. The van der Waals surface area contributed by atoms with Crippen LogP contribution in [0.1, 0.15) is 12.0 Å². The van der Waals surface area contributed by atoms with Crippen LogP contribution in [0.15, 0.2) is 18.2 Å². The third kappa shape index (κ3) is 5.48. The summed E-state index contributed by atoms with van der Waals surface area (Å²) in [6, 6.07) is 6.20. The van der Waals surface area contributed by atoms with Crippen molar-refractivity contribution in [2.45, 2.75) is 13.0 Å². The lowest BCUT2D eigenvalue weighted by molar-refractivity contribution is 0.394. The zero-order valence-electron chi connectivity index (χ0n) is 9.76. The van der Waals surface area contributed by atoms with Crippen LogP contribution in [0, 0.1) is 3.57 Å². The van der Waals surface area contributed by atoms with Crippen molar-refractivity contribution in [3.8, 4) is 0 Å². The summed E-state index contributed by atoms with van der Waals surface area (Å²) in [5.41, 5.74) is 1.25. The number of hydrogen-bond donors (Lipinski definition) is 1. The Kier molecular flexibility index (Phi) is 6.65. The summed E-state index contributed by atoms with van der Waals surface area (Å²) in [6.45, 7) is 3.06. The van der Waals surface area contributed by atoms with E-state index >= 15 is 0 Å². The van der Waals surface area contributed by atoms with Gasteiger partial charge in [0.25, 0.3) is 0 Å². The normalized spacial score (nSPS) is 11.1. The van der Waals surface area contributed by atoms with E-state index in [0.717, 1.165) is 28.2 Å². The maximum absolute atomic E-state index is 6.05. The van der Waals surface area contributed by atoms with Crippen LogP contribution >= 0.6 is 34.2 Å². The number of halogens is 2. The second kappa shape index (κ2) is 7.48. The zero-order chi connectivity index (χ0) is 12.0. The largest absolute Gasteiger partial charge is 0.313 e. The summed E-state index contributed by atoms with van der Waals surface area (Å²) in [5.74, 6) is 0. The molecule has 0 aromatic heterocycles. The molecule has 0 saturated carbocycles. The van der Waals surface area contributed by atoms with Crippen molar-refractivity contribution in [3.05, 3.63) is 32.4 Å². The number of nitrogens with zero attached hydrogens (tertiary/aromatic N) is 1. The van der Waals surface area contributed by atoms with Crippen LogP contribution in [-0.4, -0.2) is 32.1 Å². The predicted octanol–water partition coefficient (Wildman–Crippen LogP) is 2.99. The summed E-state index contributed by atoms with van der Waals surface area (Å²) < 4.78 is 1.11. The Hall–Kier alpha value is 0.160. The zero-order valence-corrected chi connectivity index (χ0v) is 12.7. The number of nitrogens with one attached hydrogen (secondary N) is 1. The standard InChI is InChI=1S/C12H18ClIN2/c1-16(2)7-3-6-15-9-10-4-5-12(14)11(13)8-10/h4-5,8,15H,3,6-7,9H2,1-2H3. The van der Waals surface area contributed by atoms with Crippen molar-refractivity contribution >= 4 is 34.2 Å². The molecular formula is C12H18ClIN2. The summed E-state index contributed by atoms with van der Waals surface area (Å²) in [4.78, 5) is 2.20. The van der Waals surface area contributed by atoms with Crippen LogP contribution in [0.4, 0.5) is 0 Å². The van der Waals surface area contributed by atoms with Gasteiger partial charge in [-0.15, -0.1) is 0 Å². The SMILES string of the molecule is CN(C)CCCNCc1ccc(I)c(Cl)c1. The molecule has 0 spiro atoms. The van der Waals surface area contributed by atoms with E-state index in [1.54, 1.807) is 0 Å². The van der Waals surface area contributed by atoms with Crippen molar-refractivity contribution in [3.63, 3.8) is 0 Å². The third-order valence-electron chi connectivity index (χ3n) is 2.27. The Balaban J connectivity index is 2.24. The molecule has 0 unspecified atom stereocenters. The molecule has 0 aliphatic heterocycles. The van der Waals surface area contributed by atoms with Crippen LogP contribution in [0.3, 0.4) is 0 Å². The molecule has 0 radical (unpaired) electrons. The van der Waals surface area contributed by atoms with E-state index in [1.165, 1.54) is 12.0 Å². The lowest BCUT2D eigenvalue weighted by atomic mass is 10.2. The molecule has 0 saturated heterocycles. The molecule has 0 amide bonds. The van der Waals surface area contributed by atoms with Crippen molar-refractivity contribution in [1.29, 1.82) is 0 Å². The molecule has 90 valence electrons. The van der Waals surface area contributed by atoms with Crippen molar-refractivity contribution in [2.24, 2.45) is 0 Å². The first-order valence-corrected chi connectivity index (χ1v) is 6.84. The van der Waals surface area contributed by atoms with Gasteiger partial charge < -0.3 is 10.2 Å². The highest BCUT2D eigenvalue weighted by Gasteiger charge is 1.98. The predicted molar refractivity (Wildman–Crippen MR) is 79.0 cm³/mol. The number of hydrogen-bond acceptors (Lipinski definition) is 2. The lowest BCUT2D eigenvalue weighted by Gasteiger charge is -2.10. The Morgan fingerprint density at radius 3 is 2.75 bits per heavy atom. The van der Waals surface area contributed by atoms with Gasteiger partial charge in [0.2, 0.25) is 0 Å². The van der Waals surface area contributed by atoms with E-state index in [4.69, 9.17) is 11.6 Å². The van der Waals surface area contributed by atoms with Crippen molar-refractivity contribution < 1.29 is 0 Å². The summed E-state index contributed by atoms with van der Waals surface area (Å²) >= 11 is 8.29. The highest BCUT2D eigenvalue weighted by atomic mass is 127. The molecule has 1 aromatic rings. The van der Waals surface area contributed by atoms with Crippen LogP contribution in [0.2, 0.25) is 5.02 Å². The Bertz CT molecular complexity index is 329. The van der Waals surface area contributed by atoms with Gasteiger partial charge in [-0.1, -0.05) is 17.7 Å². The molecule has 0 aliphatic rings. The van der Waals surface area contributed by atoms with E-state index in [2.05, 4.69) is 59.0 Å². The minimum atomic E-state index is 0.841. The number of benzene rings is 1. The topological polar surface area (TPSA) is 15.3 Å². The molecule has 1 rings (SSSR count). The minimum absolute atomic E-state index is 0.841. The van der Waals surface area contributed by atoms with E-state index < -0.39 is 0 Å². The smallest absolute Gasteiger partial charge is 0.0542 e. The van der Waals surface area contributed by atoms with E-state index in [1.807, 2.05) is 6.07 Å². The van der Waals surface area contributed by atoms with E-state index in [0.29, 0.717) is 0 Å². The van der Waals surface area contributed by atoms with Gasteiger partial charge >= 0.3 is 0 Å². The van der Waals surface area contributed by atoms with Crippen molar-refractivity contribution in [2.75, 3.05) is 27.2 Å². The second-order valence-electron chi connectivity index (χ2n) is 4.08. The molecule has 16 heavy (non-hydrogen) atoms. The Morgan fingerprint density at radius 2 is 2.12 bits per heavy atom. The summed E-state index contributed by atoms with van der Waals surface area (Å²) in [7, 11) is 4.19. The van der Waals surface area contributed by atoms with Gasteiger partial charge in [-0.05, 0) is 73.9 Å². The summed E-state index contributed by atoms with van der Waals surface area (Å²) in [6.07, 6.45) is 1.17. The van der Waals surface area contributed by atoms with Crippen molar-refractivity contribution in [1.82, 2.24) is 10.2 Å². The van der Waals surface area contributed by atoms with E-state index in [-0.39, 0.29) is 0 Å². The number of rotatable bonds is 6. The average Bonchev–Trinajstić information content (AvgIpc) is 2.22. The van der Waals surface area contributed by atoms with E-state index in [9.17, 15) is 0 Å². The molecule has 0 fully saturated rings. The second-order valence-corrected chi connectivity index (χ2v) is 5.65. The van der Waals surface area contributed by atoms with Crippen LogP contribution in [-0.2, 0) is 6.54 Å². The molecule has 0 aliphatic carbocycles. The maximum atomic E-state index is 6.05. The van der Waals surface area contributed by atoms with Gasteiger partial charge in [0.15, 0.2) is 0 Å².